The van der Waals surface area contributed by atoms with Crippen LogP contribution in [0.1, 0.15) is 44.2 Å². The molecule has 12 nitrogen and oxygen atoms in total. The molecule has 6 N–H and O–H groups in total. The molecule has 0 aromatic heterocycles. The highest BCUT2D eigenvalue weighted by atomic mass is 35.5. The molecule has 13 heteroatoms. The topological polar surface area (TPSA) is 192 Å². The summed E-state index contributed by atoms with van der Waals surface area (Å²) in [4.78, 5) is 36.2. The summed E-state index contributed by atoms with van der Waals surface area (Å²) in [5.74, 6) is -2.26. The van der Waals surface area contributed by atoms with Crippen molar-refractivity contribution in [2.24, 2.45) is 0 Å². The van der Waals surface area contributed by atoms with Gasteiger partial charge in [0, 0.05) is 36.0 Å². The molecule has 0 saturated heterocycles. The molecule has 1 heterocycles. The molecule has 1 aliphatic rings. The monoisotopic (exact) mass is 607 g/mol. The Morgan fingerprint density at radius 3 is 2.38 bits per heavy atom. The number of ether oxygens (including phenoxy) is 2. The summed E-state index contributed by atoms with van der Waals surface area (Å²) in [7, 11) is 0. The second-order valence-corrected chi connectivity index (χ2v) is 9.56. The molecule has 2 aromatic carbocycles. The van der Waals surface area contributed by atoms with E-state index < -0.39 is 22.8 Å². The summed E-state index contributed by atoms with van der Waals surface area (Å²) in [6.45, 7) is 6.54. The first kappa shape index (κ1) is 36.1. The molecule has 1 aliphatic heterocycles. The normalized spacial score (nSPS) is 15.1. The van der Waals surface area contributed by atoms with E-state index in [0.717, 1.165) is 18.5 Å². The summed E-state index contributed by atoms with van der Waals surface area (Å²) < 4.78 is 11.3. The van der Waals surface area contributed by atoms with Crippen LogP contribution >= 0.6 is 12.4 Å². The Hall–Kier alpha value is -3.97. The number of nitrogens with zero attached hydrogens (tertiary/aromatic N) is 1. The van der Waals surface area contributed by atoms with Gasteiger partial charge in [-0.1, -0.05) is 24.3 Å². The summed E-state index contributed by atoms with van der Waals surface area (Å²) in [6, 6.07) is 13.1. The number of carboxylic acid groups (broad SMARTS) is 1. The average Bonchev–Trinajstić information content (AvgIpc) is 2.92. The fourth-order valence-electron chi connectivity index (χ4n) is 4.47. The van der Waals surface area contributed by atoms with E-state index in [2.05, 4.69) is 10.6 Å². The summed E-state index contributed by atoms with van der Waals surface area (Å²) in [5, 5.41) is 36.4. The number of esters is 1. The van der Waals surface area contributed by atoms with Crippen molar-refractivity contribution in [3.63, 3.8) is 0 Å². The molecule has 2 aromatic rings. The van der Waals surface area contributed by atoms with Crippen LogP contribution in [0.5, 0.6) is 5.75 Å². The minimum atomic E-state index is -1.24. The molecule has 2 unspecified atom stereocenters. The Bertz CT molecular complexity index is 1300. The first-order valence-corrected chi connectivity index (χ1v) is 13.0. The maximum Gasteiger partial charge on any atom is 0.336 e. The van der Waals surface area contributed by atoms with Crippen LogP contribution < -0.4 is 15.4 Å². The van der Waals surface area contributed by atoms with Gasteiger partial charge in [-0.2, -0.15) is 0 Å². The number of aliphatic carboxylic acids is 1. The minimum absolute atomic E-state index is 0. The third-order valence-electron chi connectivity index (χ3n) is 6.53. The van der Waals surface area contributed by atoms with Crippen molar-refractivity contribution in [1.29, 1.82) is 0 Å². The average molecular weight is 608 g/mol. The Balaban J connectivity index is 0.00000441. The van der Waals surface area contributed by atoms with Gasteiger partial charge in [-0.25, -0.2) is 9.59 Å². The maximum absolute atomic E-state index is 13.3. The second kappa shape index (κ2) is 17.1. The van der Waals surface area contributed by atoms with Crippen molar-refractivity contribution >= 4 is 30.0 Å². The molecule has 3 rings (SSSR count). The lowest BCUT2D eigenvalue weighted by Crippen LogP contribution is -2.32. The van der Waals surface area contributed by atoms with E-state index in [9.17, 15) is 24.8 Å². The SMILES string of the molecule is CC1=C(C(=O)O)C(c2cccc([N+](=O)[O-])c2)C(C(=O)OCCc2ccc(OCCCNC(C)CO)cc2)=C(C)N1.Cl.O. The molecule has 42 heavy (non-hydrogen) atoms. The van der Waals surface area contributed by atoms with Gasteiger partial charge in [0.15, 0.2) is 0 Å². The quantitative estimate of drug-likeness (QED) is 0.107. The van der Waals surface area contributed by atoms with Crippen LogP contribution in [0.25, 0.3) is 0 Å². The van der Waals surface area contributed by atoms with Crippen LogP contribution in [0.4, 0.5) is 5.69 Å². The third-order valence-corrected chi connectivity index (χ3v) is 6.53. The Labute approximate surface area is 250 Å². The van der Waals surface area contributed by atoms with Gasteiger partial charge in [-0.3, -0.25) is 10.1 Å². The van der Waals surface area contributed by atoms with Gasteiger partial charge in [0.1, 0.15) is 5.75 Å². The predicted octanol–water partition coefficient (Wildman–Crippen LogP) is 3.04. The number of dihydropyridines is 1. The van der Waals surface area contributed by atoms with Crippen molar-refractivity contribution in [3.8, 4) is 5.75 Å². The maximum atomic E-state index is 13.3. The predicted molar refractivity (Wildman–Crippen MR) is 159 cm³/mol. The van der Waals surface area contributed by atoms with Gasteiger partial charge in [0.2, 0.25) is 0 Å². The molecule has 0 aliphatic carbocycles. The number of rotatable bonds is 14. The largest absolute Gasteiger partial charge is 0.494 e. The van der Waals surface area contributed by atoms with Crippen LogP contribution in [0.15, 0.2) is 71.1 Å². The van der Waals surface area contributed by atoms with Crippen LogP contribution in [0.3, 0.4) is 0 Å². The number of aliphatic hydroxyl groups excluding tert-OH is 1. The molecular formula is C29H38ClN3O9. The van der Waals surface area contributed by atoms with E-state index in [4.69, 9.17) is 14.6 Å². The van der Waals surface area contributed by atoms with Gasteiger partial charge in [0.05, 0.1) is 41.8 Å². The lowest BCUT2D eigenvalue weighted by atomic mass is 9.80. The number of halogens is 1. The Kier molecular flexibility index (Phi) is 14.7. The molecule has 0 saturated carbocycles. The summed E-state index contributed by atoms with van der Waals surface area (Å²) in [5.41, 5.74) is 1.81. The van der Waals surface area contributed by atoms with Gasteiger partial charge in [-0.15, -0.1) is 12.4 Å². The molecule has 0 spiro atoms. The van der Waals surface area contributed by atoms with Crippen molar-refractivity contribution in [2.45, 2.75) is 45.6 Å². The zero-order valence-corrected chi connectivity index (χ0v) is 24.5. The molecule has 0 fully saturated rings. The van der Waals surface area contributed by atoms with Crippen LogP contribution in [-0.2, 0) is 20.7 Å². The molecule has 0 amide bonds. The number of nitro benzene ring substituents is 1. The number of allylic oxidation sites excluding steroid dienone is 2. The van der Waals surface area contributed by atoms with Crippen molar-refractivity contribution in [1.82, 2.24) is 10.6 Å². The zero-order valence-electron chi connectivity index (χ0n) is 23.7. The highest BCUT2D eigenvalue weighted by Gasteiger charge is 2.37. The number of carboxylic acids is 1. The molecule has 230 valence electrons. The molecule has 0 radical (unpaired) electrons. The van der Waals surface area contributed by atoms with Gasteiger partial charge in [0.25, 0.3) is 5.69 Å². The molecule has 2 atom stereocenters. The second-order valence-electron chi connectivity index (χ2n) is 9.56. The van der Waals surface area contributed by atoms with Crippen molar-refractivity contribution in [2.75, 3.05) is 26.4 Å². The Morgan fingerprint density at radius 2 is 1.76 bits per heavy atom. The van der Waals surface area contributed by atoms with E-state index in [1.165, 1.54) is 18.2 Å². The molecular weight excluding hydrogens is 570 g/mol. The Morgan fingerprint density at radius 1 is 1.10 bits per heavy atom. The first-order valence-electron chi connectivity index (χ1n) is 13.0. The van der Waals surface area contributed by atoms with Gasteiger partial charge in [-0.05, 0) is 57.0 Å². The van der Waals surface area contributed by atoms with Crippen LogP contribution in [-0.4, -0.2) is 65.0 Å². The van der Waals surface area contributed by atoms with Gasteiger partial charge >= 0.3 is 11.9 Å². The van der Waals surface area contributed by atoms with Crippen molar-refractivity contribution < 1.29 is 39.7 Å². The minimum Gasteiger partial charge on any atom is -0.494 e. The van der Waals surface area contributed by atoms with E-state index in [1.807, 2.05) is 31.2 Å². The lowest BCUT2D eigenvalue weighted by molar-refractivity contribution is -0.384. The number of nitrogens with one attached hydrogen (secondary N) is 2. The van der Waals surface area contributed by atoms with Gasteiger partial charge < -0.3 is 35.8 Å². The highest BCUT2D eigenvalue weighted by molar-refractivity contribution is 5.99. The number of benzene rings is 2. The van der Waals surface area contributed by atoms with Crippen LogP contribution in [0.2, 0.25) is 0 Å². The van der Waals surface area contributed by atoms with E-state index in [0.29, 0.717) is 35.7 Å². The number of nitro groups is 1. The number of hydrogen-bond acceptors (Lipinski definition) is 9. The standard InChI is InChI=1S/C29H35N3O8.ClH.H2O/c1-18(17-33)30-13-5-14-39-24-10-8-21(9-11-24)12-15-40-29(36)26-20(3)31-19(2)25(28(34)35)27(26)22-6-4-7-23(16-22)32(37)38;;/h4,6-11,16,18,27,30-31,33H,5,12-15,17H2,1-3H3,(H,34,35);1H;1H2. The van der Waals surface area contributed by atoms with Crippen LogP contribution in [0, 0.1) is 10.1 Å². The zero-order chi connectivity index (χ0) is 29.2. The fraction of sp³-hybridized carbons (Fsp3) is 0.379. The fourth-order valence-corrected chi connectivity index (χ4v) is 4.47. The van der Waals surface area contributed by atoms with E-state index in [-0.39, 0.29) is 54.0 Å². The number of aliphatic hydroxyl groups is 1. The molecule has 0 bridgehead atoms. The number of hydrogen-bond donors (Lipinski definition) is 4. The smallest absolute Gasteiger partial charge is 0.336 e. The number of non-ortho nitro benzene ring substituents is 1. The number of carbonyl (C=O) groups excluding carboxylic acids is 1. The van der Waals surface area contributed by atoms with E-state index >= 15 is 0 Å². The first-order chi connectivity index (χ1) is 19.1. The summed E-state index contributed by atoms with van der Waals surface area (Å²) in [6.07, 6.45) is 1.22. The highest BCUT2D eigenvalue weighted by Crippen LogP contribution is 2.39. The third kappa shape index (κ3) is 9.55. The summed E-state index contributed by atoms with van der Waals surface area (Å²) >= 11 is 0. The lowest BCUT2D eigenvalue weighted by Gasteiger charge is -2.29. The van der Waals surface area contributed by atoms with Crippen molar-refractivity contribution in [3.05, 3.63) is 92.3 Å². The van der Waals surface area contributed by atoms with E-state index in [1.54, 1.807) is 19.9 Å². The number of carbonyl (C=O) groups is 2.